The van der Waals surface area contributed by atoms with E-state index in [1.165, 1.54) is 4.57 Å². The summed E-state index contributed by atoms with van der Waals surface area (Å²) in [4.78, 5) is 36.1. The first-order valence-corrected chi connectivity index (χ1v) is 7.14. The number of carbonyl (C=O) groups excluding carboxylic acids is 2. The highest BCUT2D eigenvalue weighted by atomic mass is 16.5. The normalized spacial score (nSPS) is 24.3. The van der Waals surface area contributed by atoms with Gasteiger partial charge in [-0.15, -0.1) is 0 Å². The van der Waals surface area contributed by atoms with Gasteiger partial charge in [0, 0.05) is 13.0 Å². The molecule has 1 aromatic rings. The van der Waals surface area contributed by atoms with Crippen molar-refractivity contribution in [1.82, 2.24) is 4.57 Å². The predicted molar refractivity (Wildman–Crippen MR) is 72.9 cm³/mol. The molecular formula is C15H17NO5. The Bertz CT molecular complexity index is 690. The van der Waals surface area contributed by atoms with E-state index >= 15 is 0 Å². The summed E-state index contributed by atoms with van der Waals surface area (Å²) in [5, 5.41) is 10.9. The fourth-order valence-electron chi connectivity index (χ4n) is 3.21. The number of fused-ring (bicyclic) bond motifs is 2. The number of ketones is 1. The molecule has 2 aliphatic rings. The number of pyridine rings is 1. The molecule has 0 saturated heterocycles. The minimum Gasteiger partial charge on any atom is -0.460 e. The van der Waals surface area contributed by atoms with Crippen LogP contribution in [-0.2, 0) is 28.3 Å². The third-order valence-electron chi connectivity index (χ3n) is 4.23. The second-order valence-electron chi connectivity index (χ2n) is 5.67. The Hall–Kier alpha value is -1.95. The number of Topliss-reactive ketones (excluding diaryl/α,β-unsaturated/α-hetero) is 1. The number of carbonyl (C=O) groups is 2. The van der Waals surface area contributed by atoms with E-state index in [4.69, 9.17) is 4.74 Å². The maximum absolute atomic E-state index is 12.5. The van der Waals surface area contributed by atoms with E-state index in [2.05, 4.69) is 0 Å². The SMILES string of the molecule is CCC[C@@]1(O)CC(=O)OCc2c1cc1n(c2=O)CCC1=O. The van der Waals surface area contributed by atoms with Gasteiger partial charge in [-0.25, -0.2) is 0 Å². The quantitative estimate of drug-likeness (QED) is 0.817. The van der Waals surface area contributed by atoms with Crippen LogP contribution in [-0.4, -0.2) is 21.4 Å². The monoisotopic (exact) mass is 291 g/mol. The fraction of sp³-hybridized carbons (Fsp3) is 0.533. The summed E-state index contributed by atoms with van der Waals surface area (Å²) in [6.07, 6.45) is 1.09. The van der Waals surface area contributed by atoms with E-state index < -0.39 is 11.6 Å². The van der Waals surface area contributed by atoms with Crippen molar-refractivity contribution in [2.24, 2.45) is 0 Å². The van der Waals surface area contributed by atoms with E-state index in [-0.39, 0.29) is 29.9 Å². The van der Waals surface area contributed by atoms with Gasteiger partial charge in [-0.2, -0.15) is 0 Å². The summed E-state index contributed by atoms with van der Waals surface area (Å²) < 4.78 is 6.45. The van der Waals surface area contributed by atoms with Crippen LogP contribution in [0.15, 0.2) is 10.9 Å². The maximum Gasteiger partial charge on any atom is 0.309 e. The number of hydrogen-bond acceptors (Lipinski definition) is 5. The zero-order chi connectivity index (χ0) is 15.2. The van der Waals surface area contributed by atoms with Crippen LogP contribution in [0.4, 0.5) is 0 Å². The molecule has 0 radical (unpaired) electrons. The molecule has 2 aliphatic heterocycles. The van der Waals surface area contributed by atoms with Crippen molar-refractivity contribution < 1.29 is 19.4 Å². The zero-order valence-electron chi connectivity index (χ0n) is 11.8. The Morgan fingerprint density at radius 2 is 2.14 bits per heavy atom. The maximum atomic E-state index is 12.5. The highest BCUT2D eigenvalue weighted by molar-refractivity contribution is 5.96. The van der Waals surface area contributed by atoms with Crippen molar-refractivity contribution in [3.8, 4) is 0 Å². The van der Waals surface area contributed by atoms with Crippen LogP contribution in [0, 0.1) is 0 Å². The molecule has 0 aromatic carbocycles. The fourth-order valence-corrected chi connectivity index (χ4v) is 3.21. The summed E-state index contributed by atoms with van der Waals surface area (Å²) in [7, 11) is 0. The van der Waals surface area contributed by atoms with E-state index in [0.29, 0.717) is 37.1 Å². The third kappa shape index (κ3) is 2.10. The van der Waals surface area contributed by atoms with Gasteiger partial charge < -0.3 is 14.4 Å². The second-order valence-corrected chi connectivity index (χ2v) is 5.67. The Kier molecular flexibility index (Phi) is 3.20. The van der Waals surface area contributed by atoms with Crippen LogP contribution in [0.25, 0.3) is 0 Å². The lowest BCUT2D eigenvalue weighted by Crippen LogP contribution is -2.33. The molecule has 1 aromatic heterocycles. The third-order valence-corrected chi connectivity index (χ3v) is 4.23. The number of cyclic esters (lactones) is 1. The van der Waals surface area contributed by atoms with Gasteiger partial charge in [0.1, 0.15) is 12.2 Å². The number of aliphatic hydroxyl groups is 1. The lowest BCUT2D eigenvalue weighted by atomic mass is 9.84. The first kappa shape index (κ1) is 14.0. The average Bonchev–Trinajstić information content (AvgIpc) is 2.73. The van der Waals surface area contributed by atoms with Crippen LogP contribution >= 0.6 is 0 Å². The Labute approximate surface area is 121 Å². The van der Waals surface area contributed by atoms with Gasteiger partial charge >= 0.3 is 5.97 Å². The van der Waals surface area contributed by atoms with Crippen molar-refractivity contribution >= 4 is 11.8 Å². The minimum absolute atomic E-state index is 0.106. The number of rotatable bonds is 2. The Balaban J connectivity index is 2.26. The molecule has 6 heteroatoms. The van der Waals surface area contributed by atoms with E-state index in [1.807, 2.05) is 6.92 Å². The number of nitrogens with zero attached hydrogens (tertiary/aromatic N) is 1. The molecule has 112 valence electrons. The molecule has 21 heavy (non-hydrogen) atoms. The van der Waals surface area contributed by atoms with E-state index in [9.17, 15) is 19.5 Å². The molecule has 1 N–H and O–H groups in total. The highest BCUT2D eigenvalue weighted by Gasteiger charge is 2.39. The summed E-state index contributed by atoms with van der Waals surface area (Å²) in [6, 6.07) is 1.57. The molecule has 3 heterocycles. The molecule has 0 amide bonds. The van der Waals surface area contributed by atoms with Gasteiger partial charge in [0.15, 0.2) is 5.78 Å². The first-order valence-electron chi connectivity index (χ1n) is 7.14. The van der Waals surface area contributed by atoms with Crippen molar-refractivity contribution in [3.05, 3.63) is 33.2 Å². The number of esters is 1. The van der Waals surface area contributed by atoms with Crippen molar-refractivity contribution in [2.75, 3.05) is 0 Å². The molecule has 1 atom stereocenters. The number of ether oxygens (including phenoxy) is 1. The van der Waals surface area contributed by atoms with Crippen LogP contribution in [0.5, 0.6) is 0 Å². The Morgan fingerprint density at radius 1 is 1.38 bits per heavy atom. The van der Waals surface area contributed by atoms with Crippen molar-refractivity contribution in [2.45, 2.75) is 51.4 Å². The van der Waals surface area contributed by atoms with Gasteiger partial charge in [0.25, 0.3) is 5.56 Å². The summed E-state index contributed by atoms with van der Waals surface area (Å²) >= 11 is 0. The molecule has 0 fully saturated rings. The van der Waals surface area contributed by atoms with Gasteiger partial charge in [-0.3, -0.25) is 14.4 Å². The van der Waals surface area contributed by atoms with Gasteiger partial charge in [0.2, 0.25) is 0 Å². The molecular weight excluding hydrogens is 274 g/mol. The summed E-state index contributed by atoms with van der Waals surface area (Å²) in [5.74, 6) is -0.636. The molecule has 0 bridgehead atoms. The molecule has 6 nitrogen and oxygen atoms in total. The van der Waals surface area contributed by atoms with E-state index in [1.54, 1.807) is 6.07 Å². The standard InChI is InChI=1S/C15H17NO5/c1-2-4-15(20)7-13(18)21-8-9-10(15)6-11-12(17)3-5-16(11)14(9)19/h6,20H,2-5,7-8H2,1H3/t15-/m1/s1. The number of hydrogen-bond donors (Lipinski definition) is 1. The summed E-state index contributed by atoms with van der Waals surface area (Å²) in [5.41, 5.74) is -0.785. The van der Waals surface area contributed by atoms with Crippen molar-refractivity contribution in [1.29, 1.82) is 0 Å². The molecule has 3 rings (SSSR count). The molecule has 0 saturated carbocycles. The lowest BCUT2D eigenvalue weighted by molar-refractivity contribution is -0.149. The first-order chi connectivity index (χ1) is 9.96. The molecule has 0 unspecified atom stereocenters. The highest BCUT2D eigenvalue weighted by Crippen LogP contribution is 2.35. The van der Waals surface area contributed by atoms with Gasteiger partial charge in [0.05, 0.1) is 17.7 Å². The molecule has 0 spiro atoms. The molecule has 0 aliphatic carbocycles. The van der Waals surface area contributed by atoms with Crippen molar-refractivity contribution in [3.63, 3.8) is 0 Å². The van der Waals surface area contributed by atoms with Crippen LogP contribution in [0.1, 0.15) is 54.2 Å². The number of aromatic nitrogens is 1. The van der Waals surface area contributed by atoms with Crippen LogP contribution < -0.4 is 5.56 Å². The lowest BCUT2D eigenvalue weighted by Gasteiger charge is -2.27. The van der Waals surface area contributed by atoms with Crippen LogP contribution in [0.3, 0.4) is 0 Å². The minimum atomic E-state index is -1.44. The Morgan fingerprint density at radius 3 is 2.86 bits per heavy atom. The smallest absolute Gasteiger partial charge is 0.309 e. The van der Waals surface area contributed by atoms with Gasteiger partial charge in [-0.05, 0) is 18.1 Å². The van der Waals surface area contributed by atoms with Gasteiger partial charge in [-0.1, -0.05) is 13.3 Å². The predicted octanol–water partition coefficient (Wildman–Crippen LogP) is 0.869. The van der Waals surface area contributed by atoms with E-state index in [0.717, 1.165) is 0 Å². The largest absolute Gasteiger partial charge is 0.460 e. The average molecular weight is 291 g/mol. The second kappa shape index (κ2) is 4.80. The topological polar surface area (TPSA) is 85.6 Å². The zero-order valence-corrected chi connectivity index (χ0v) is 11.8. The summed E-state index contributed by atoms with van der Waals surface area (Å²) in [6.45, 7) is 2.09. The van der Waals surface area contributed by atoms with Crippen LogP contribution in [0.2, 0.25) is 0 Å².